The predicted octanol–water partition coefficient (Wildman–Crippen LogP) is 2.17. The fourth-order valence-corrected chi connectivity index (χ4v) is 4.71. The van der Waals surface area contributed by atoms with Gasteiger partial charge < -0.3 is 5.32 Å². The Labute approximate surface area is 185 Å². The number of nitrogens with zero attached hydrogens (tertiary/aromatic N) is 2. The van der Waals surface area contributed by atoms with Crippen LogP contribution in [0.4, 0.5) is 5.69 Å². The second kappa shape index (κ2) is 8.91. The van der Waals surface area contributed by atoms with E-state index in [1.54, 1.807) is 24.3 Å². The van der Waals surface area contributed by atoms with E-state index in [1.807, 2.05) is 0 Å². The lowest BCUT2D eigenvalue weighted by molar-refractivity contribution is -0.116. The molecule has 0 unspecified atom stereocenters. The summed E-state index contributed by atoms with van der Waals surface area (Å²) in [5.41, 5.74) is 1.21. The van der Waals surface area contributed by atoms with Crippen molar-refractivity contribution >= 4 is 39.3 Å². The molecule has 0 aliphatic carbocycles. The second-order valence-corrected chi connectivity index (χ2v) is 9.20. The number of carbonyl (C=O) groups is 3. The maximum absolute atomic E-state index is 12.4. The maximum Gasteiger partial charge on any atom is 0.262 e. The molecule has 2 aliphatic rings. The number of fused-ring (bicyclic) bond motifs is 1. The minimum atomic E-state index is -3.71. The predicted molar refractivity (Wildman–Crippen MR) is 118 cm³/mol. The normalized spacial score (nSPS) is 15.5. The molecule has 0 fully saturated rings. The molecule has 0 radical (unpaired) electrons. The van der Waals surface area contributed by atoms with Crippen molar-refractivity contribution < 1.29 is 22.8 Å². The molecule has 10 heteroatoms. The van der Waals surface area contributed by atoms with Crippen molar-refractivity contribution in [1.82, 2.24) is 9.62 Å². The lowest BCUT2D eigenvalue weighted by Gasteiger charge is -2.13. The molecule has 0 bridgehead atoms. The van der Waals surface area contributed by atoms with Gasteiger partial charge in [0.1, 0.15) is 5.84 Å². The monoisotopic (exact) mass is 454 g/mol. The van der Waals surface area contributed by atoms with Crippen molar-refractivity contribution in [3.8, 4) is 0 Å². The van der Waals surface area contributed by atoms with E-state index < -0.39 is 10.0 Å². The zero-order valence-corrected chi connectivity index (χ0v) is 18.0. The van der Waals surface area contributed by atoms with E-state index in [0.29, 0.717) is 42.0 Å². The number of sulfonamides is 1. The molecule has 9 nitrogen and oxygen atoms in total. The summed E-state index contributed by atoms with van der Waals surface area (Å²) in [5, 5.41) is 2.69. The Morgan fingerprint density at radius 3 is 2.25 bits per heavy atom. The molecule has 2 aliphatic heterocycles. The number of aliphatic imine (C=N–C) groups is 1. The van der Waals surface area contributed by atoms with E-state index in [9.17, 15) is 22.8 Å². The first-order valence-electron chi connectivity index (χ1n) is 10.3. The van der Waals surface area contributed by atoms with Crippen LogP contribution in [-0.4, -0.2) is 50.0 Å². The first-order valence-corrected chi connectivity index (χ1v) is 11.7. The van der Waals surface area contributed by atoms with Gasteiger partial charge in [0.15, 0.2) is 0 Å². The number of carbonyl (C=O) groups excluding carboxylic acids is 3. The highest BCUT2D eigenvalue weighted by Gasteiger charge is 2.34. The zero-order valence-electron chi connectivity index (χ0n) is 17.2. The average Bonchev–Trinajstić information content (AvgIpc) is 3.36. The van der Waals surface area contributed by atoms with Crippen LogP contribution in [0.15, 0.2) is 58.4 Å². The van der Waals surface area contributed by atoms with Crippen LogP contribution in [0.25, 0.3) is 0 Å². The van der Waals surface area contributed by atoms with Gasteiger partial charge in [-0.15, -0.1) is 0 Å². The number of benzene rings is 2. The highest BCUT2D eigenvalue weighted by atomic mass is 32.2. The van der Waals surface area contributed by atoms with E-state index in [1.165, 1.54) is 24.3 Å². The fraction of sp³-hybridized carbons (Fsp3) is 0.273. The third-order valence-corrected chi connectivity index (χ3v) is 6.64. The molecule has 166 valence electrons. The molecule has 3 amide bonds. The molecule has 2 N–H and O–H groups in total. The van der Waals surface area contributed by atoms with Crippen LogP contribution < -0.4 is 10.0 Å². The number of hydrogen-bond acceptors (Lipinski definition) is 6. The van der Waals surface area contributed by atoms with E-state index in [-0.39, 0.29) is 35.6 Å². The Morgan fingerprint density at radius 1 is 1.00 bits per heavy atom. The van der Waals surface area contributed by atoms with Crippen LogP contribution in [0.2, 0.25) is 0 Å². The molecule has 2 aromatic carbocycles. The number of nitrogens with one attached hydrogen (secondary N) is 2. The number of amidine groups is 1. The molecule has 0 atom stereocenters. The van der Waals surface area contributed by atoms with Gasteiger partial charge in [-0.2, -0.15) is 0 Å². The Morgan fingerprint density at radius 2 is 1.66 bits per heavy atom. The average molecular weight is 455 g/mol. The number of anilines is 1. The summed E-state index contributed by atoms with van der Waals surface area (Å²) in [6.45, 7) is 0.766. The van der Waals surface area contributed by atoms with Crippen molar-refractivity contribution in [2.45, 2.75) is 30.6 Å². The van der Waals surface area contributed by atoms with Crippen molar-refractivity contribution in [1.29, 1.82) is 0 Å². The van der Waals surface area contributed by atoms with Crippen molar-refractivity contribution in [3.05, 3.63) is 59.7 Å². The van der Waals surface area contributed by atoms with Gasteiger partial charge in [0, 0.05) is 31.6 Å². The van der Waals surface area contributed by atoms with Crippen molar-refractivity contribution in [2.75, 3.05) is 18.4 Å². The van der Waals surface area contributed by atoms with Gasteiger partial charge in [0.25, 0.3) is 21.8 Å². The quantitative estimate of drug-likeness (QED) is 0.621. The summed E-state index contributed by atoms with van der Waals surface area (Å²) in [4.78, 5) is 42.2. The Balaban J connectivity index is 1.27. The van der Waals surface area contributed by atoms with Gasteiger partial charge in [-0.25, -0.2) is 8.42 Å². The molecule has 2 heterocycles. The van der Waals surface area contributed by atoms with E-state index in [0.717, 1.165) is 11.3 Å². The summed E-state index contributed by atoms with van der Waals surface area (Å²) in [5.74, 6) is -0.531. The molecule has 4 rings (SSSR count). The van der Waals surface area contributed by atoms with E-state index in [4.69, 9.17) is 0 Å². The lowest BCUT2D eigenvalue weighted by Crippen LogP contribution is -2.31. The van der Waals surface area contributed by atoms with E-state index in [2.05, 4.69) is 15.0 Å². The summed E-state index contributed by atoms with van der Waals surface area (Å²) in [7, 11) is -3.71. The van der Waals surface area contributed by atoms with Crippen LogP contribution in [0.3, 0.4) is 0 Å². The van der Waals surface area contributed by atoms with Crippen molar-refractivity contribution in [3.63, 3.8) is 0 Å². The van der Waals surface area contributed by atoms with Crippen LogP contribution in [-0.2, 0) is 14.8 Å². The molecular weight excluding hydrogens is 432 g/mol. The SMILES string of the molecule is O=C(CCCN1C(=O)c2ccccc2C1=O)Nc1ccc(S(=O)(=O)NC2=NCCC2)cc1. The summed E-state index contributed by atoms with van der Waals surface area (Å²) < 4.78 is 27.2. The largest absolute Gasteiger partial charge is 0.326 e. The topological polar surface area (TPSA) is 125 Å². The standard InChI is InChI=1S/C22H22N4O5S/c27-20(8-4-14-26-21(28)17-5-1-2-6-18(17)22(26)29)24-15-9-11-16(12-10-15)32(30,31)25-19-7-3-13-23-19/h1-2,5-6,9-12H,3-4,7-8,13-14H2,(H,23,25)(H,24,27). The van der Waals surface area contributed by atoms with Crippen LogP contribution in [0.5, 0.6) is 0 Å². The third-order valence-electron chi connectivity index (χ3n) is 5.24. The Kier molecular flexibility index (Phi) is 6.04. The molecule has 0 spiro atoms. The summed E-state index contributed by atoms with van der Waals surface area (Å²) >= 11 is 0. The second-order valence-electron chi connectivity index (χ2n) is 7.52. The maximum atomic E-state index is 12.4. The van der Waals surface area contributed by atoms with Crippen molar-refractivity contribution in [2.24, 2.45) is 4.99 Å². The Bertz CT molecular complexity index is 1170. The molecule has 0 saturated carbocycles. The molecule has 2 aromatic rings. The number of imide groups is 1. The molecular formula is C22H22N4O5S. The van der Waals surface area contributed by atoms with Gasteiger partial charge in [-0.1, -0.05) is 12.1 Å². The van der Waals surface area contributed by atoms with Gasteiger partial charge in [-0.05, 0) is 49.2 Å². The smallest absolute Gasteiger partial charge is 0.262 e. The molecule has 0 saturated heterocycles. The van der Waals surface area contributed by atoms with Gasteiger partial charge in [0.2, 0.25) is 5.91 Å². The van der Waals surface area contributed by atoms with Gasteiger partial charge >= 0.3 is 0 Å². The van der Waals surface area contributed by atoms with Gasteiger partial charge in [-0.3, -0.25) is 29.0 Å². The minimum absolute atomic E-state index is 0.0794. The fourth-order valence-electron chi connectivity index (χ4n) is 3.62. The zero-order chi connectivity index (χ0) is 22.7. The van der Waals surface area contributed by atoms with E-state index >= 15 is 0 Å². The summed E-state index contributed by atoms with van der Waals surface area (Å²) in [6.07, 6.45) is 1.86. The molecule has 32 heavy (non-hydrogen) atoms. The van der Waals surface area contributed by atoms with Crippen LogP contribution >= 0.6 is 0 Å². The van der Waals surface area contributed by atoms with Crippen LogP contribution in [0, 0.1) is 0 Å². The molecule has 0 aromatic heterocycles. The highest BCUT2D eigenvalue weighted by Crippen LogP contribution is 2.23. The Hall–Kier alpha value is -3.53. The number of hydrogen-bond donors (Lipinski definition) is 2. The first kappa shape index (κ1) is 21.7. The third kappa shape index (κ3) is 4.54. The highest BCUT2D eigenvalue weighted by molar-refractivity contribution is 7.90. The number of rotatable bonds is 7. The number of amides is 3. The minimum Gasteiger partial charge on any atom is -0.326 e. The van der Waals surface area contributed by atoms with Gasteiger partial charge in [0.05, 0.1) is 16.0 Å². The summed E-state index contributed by atoms with van der Waals surface area (Å²) in [6, 6.07) is 12.5. The first-order chi connectivity index (χ1) is 15.3. The van der Waals surface area contributed by atoms with Crippen LogP contribution in [0.1, 0.15) is 46.4 Å². The lowest BCUT2D eigenvalue weighted by atomic mass is 10.1.